The summed E-state index contributed by atoms with van der Waals surface area (Å²) in [6, 6.07) is 7.95. The molecule has 72 valence electrons. The Morgan fingerprint density at radius 2 is 2.14 bits per heavy atom. The van der Waals surface area contributed by atoms with E-state index < -0.39 is 5.97 Å². The molecule has 0 radical (unpaired) electrons. The summed E-state index contributed by atoms with van der Waals surface area (Å²) in [5, 5.41) is 8.97. The molecular formula is C12H12O2. The molecular weight excluding hydrogens is 176 g/mol. The molecule has 0 aliphatic heterocycles. The summed E-state index contributed by atoms with van der Waals surface area (Å²) in [4.78, 5) is 10.9. The zero-order chi connectivity index (χ0) is 10.1. The van der Waals surface area contributed by atoms with Gasteiger partial charge in [0.25, 0.3) is 0 Å². The fourth-order valence-corrected chi connectivity index (χ4v) is 1.88. The third kappa shape index (κ3) is 1.43. The number of carboxylic acids is 1. The summed E-state index contributed by atoms with van der Waals surface area (Å²) >= 11 is 0. The summed E-state index contributed by atoms with van der Waals surface area (Å²) in [5.74, 6) is -0.686. The Morgan fingerprint density at radius 3 is 2.86 bits per heavy atom. The Labute approximate surface area is 82.9 Å². The van der Waals surface area contributed by atoms with Gasteiger partial charge in [-0.05, 0) is 29.5 Å². The Balaban J connectivity index is 2.49. The topological polar surface area (TPSA) is 37.3 Å². The molecule has 1 aliphatic rings. The van der Waals surface area contributed by atoms with Gasteiger partial charge in [0.1, 0.15) is 0 Å². The van der Waals surface area contributed by atoms with Crippen molar-refractivity contribution in [2.45, 2.75) is 13.3 Å². The molecule has 14 heavy (non-hydrogen) atoms. The van der Waals surface area contributed by atoms with Crippen molar-refractivity contribution in [3.63, 3.8) is 0 Å². The maximum Gasteiger partial charge on any atom is 0.331 e. The standard InChI is InChI=1S/C12H12O2/c1-8-6-9-4-2-3-5-10(9)7-11(8)12(13)14/h2-5,7-8H,6H2,1H3,(H,13,14)/t8-/m1/s1. The predicted molar refractivity (Wildman–Crippen MR) is 54.9 cm³/mol. The van der Waals surface area contributed by atoms with Crippen LogP contribution in [0.15, 0.2) is 29.8 Å². The minimum Gasteiger partial charge on any atom is -0.478 e. The van der Waals surface area contributed by atoms with Gasteiger partial charge in [0.2, 0.25) is 0 Å². The molecule has 0 amide bonds. The lowest BCUT2D eigenvalue weighted by Gasteiger charge is -2.19. The maximum atomic E-state index is 10.9. The van der Waals surface area contributed by atoms with Crippen LogP contribution in [0.1, 0.15) is 18.1 Å². The highest BCUT2D eigenvalue weighted by molar-refractivity contribution is 5.93. The van der Waals surface area contributed by atoms with Gasteiger partial charge in [0.15, 0.2) is 0 Å². The lowest BCUT2D eigenvalue weighted by molar-refractivity contribution is -0.133. The molecule has 0 saturated heterocycles. The van der Waals surface area contributed by atoms with Crippen LogP contribution in [0, 0.1) is 5.92 Å². The van der Waals surface area contributed by atoms with Gasteiger partial charge in [-0.15, -0.1) is 0 Å². The van der Waals surface area contributed by atoms with Crippen LogP contribution in [0.25, 0.3) is 6.08 Å². The predicted octanol–water partition coefficient (Wildman–Crippen LogP) is 2.35. The molecule has 1 N–H and O–H groups in total. The summed E-state index contributed by atoms with van der Waals surface area (Å²) in [5.41, 5.74) is 2.80. The molecule has 2 heteroatoms. The fourth-order valence-electron chi connectivity index (χ4n) is 1.88. The maximum absolute atomic E-state index is 10.9. The average molecular weight is 188 g/mol. The molecule has 0 bridgehead atoms. The molecule has 0 spiro atoms. The fraction of sp³-hybridized carbons (Fsp3) is 0.250. The van der Waals surface area contributed by atoms with Crippen LogP contribution in [0.3, 0.4) is 0 Å². The van der Waals surface area contributed by atoms with Crippen molar-refractivity contribution in [1.29, 1.82) is 0 Å². The van der Waals surface area contributed by atoms with Crippen LogP contribution in [-0.4, -0.2) is 11.1 Å². The molecule has 1 aromatic carbocycles. The summed E-state index contributed by atoms with van der Waals surface area (Å²) < 4.78 is 0. The zero-order valence-electron chi connectivity index (χ0n) is 8.03. The number of carboxylic acid groups (broad SMARTS) is 1. The molecule has 1 atom stereocenters. The molecule has 1 aromatic rings. The molecule has 0 fully saturated rings. The van der Waals surface area contributed by atoms with Crippen molar-refractivity contribution in [2.24, 2.45) is 5.92 Å². The van der Waals surface area contributed by atoms with E-state index in [1.54, 1.807) is 6.08 Å². The Hall–Kier alpha value is -1.57. The van der Waals surface area contributed by atoms with Gasteiger partial charge >= 0.3 is 5.97 Å². The van der Waals surface area contributed by atoms with E-state index >= 15 is 0 Å². The zero-order valence-corrected chi connectivity index (χ0v) is 8.03. The van der Waals surface area contributed by atoms with Crippen molar-refractivity contribution >= 4 is 12.0 Å². The Kier molecular flexibility index (Phi) is 2.12. The molecule has 2 rings (SSSR count). The van der Waals surface area contributed by atoms with Crippen LogP contribution in [0.2, 0.25) is 0 Å². The van der Waals surface area contributed by atoms with Crippen LogP contribution < -0.4 is 0 Å². The second-order valence-electron chi connectivity index (χ2n) is 3.71. The Bertz CT molecular complexity index is 405. The first kappa shape index (κ1) is 9.00. The second-order valence-corrected chi connectivity index (χ2v) is 3.71. The lowest BCUT2D eigenvalue weighted by Crippen LogP contribution is -2.16. The number of carbonyl (C=O) groups is 1. The molecule has 1 aliphatic carbocycles. The number of rotatable bonds is 1. The lowest BCUT2D eigenvalue weighted by atomic mass is 9.85. The largest absolute Gasteiger partial charge is 0.478 e. The van der Waals surface area contributed by atoms with E-state index in [1.165, 1.54) is 5.56 Å². The first-order chi connectivity index (χ1) is 6.68. The summed E-state index contributed by atoms with van der Waals surface area (Å²) in [6.45, 7) is 1.95. The minimum absolute atomic E-state index is 0.113. The normalized spacial score (nSPS) is 19.8. The Morgan fingerprint density at radius 1 is 1.43 bits per heavy atom. The van der Waals surface area contributed by atoms with Crippen molar-refractivity contribution in [1.82, 2.24) is 0 Å². The molecule has 0 heterocycles. The first-order valence-electron chi connectivity index (χ1n) is 4.71. The van der Waals surface area contributed by atoms with Crippen molar-refractivity contribution in [3.8, 4) is 0 Å². The van der Waals surface area contributed by atoms with Crippen LogP contribution in [0.5, 0.6) is 0 Å². The highest BCUT2D eigenvalue weighted by atomic mass is 16.4. The van der Waals surface area contributed by atoms with E-state index in [4.69, 9.17) is 5.11 Å². The molecule has 0 aromatic heterocycles. The van der Waals surface area contributed by atoms with Crippen LogP contribution in [0.4, 0.5) is 0 Å². The van der Waals surface area contributed by atoms with Crippen molar-refractivity contribution in [2.75, 3.05) is 0 Å². The smallest absolute Gasteiger partial charge is 0.331 e. The molecule has 0 saturated carbocycles. The summed E-state index contributed by atoms with van der Waals surface area (Å²) in [6.07, 6.45) is 2.61. The third-order valence-corrected chi connectivity index (χ3v) is 2.67. The number of hydrogen-bond donors (Lipinski definition) is 1. The highest BCUT2D eigenvalue weighted by Gasteiger charge is 2.21. The van der Waals surface area contributed by atoms with Gasteiger partial charge in [-0.3, -0.25) is 0 Å². The SMILES string of the molecule is C[C@@H]1Cc2ccccc2C=C1C(=O)O. The van der Waals surface area contributed by atoms with Gasteiger partial charge in [0, 0.05) is 5.57 Å². The monoisotopic (exact) mass is 188 g/mol. The second kappa shape index (κ2) is 3.29. The third-order valence-electron chi connectivity index (χ3n) is 2.67. The van der Waals surface area contributed by atoms with E-state index in [2.05, 4.69) is 6.07 Å². The number of hydrogen-bond acceptors (Lipinski definition) is 1. The van der Waals surface area contributed by atoms with E-state index in [0.717, 1.165) is 12.0 Å². The highest BCUT2D eigenvalue weighted by Crippen LogP contribution is 2.28. The number of benzene rings is 1. The van der Waals surface area contributed by atoms with Gasteiger partial charge in [-0.25, -0.2) is 4.79 Å². The van der Waals surface area contributed by atoms with Crippen LogP contribution in [-0.2, 0) is 11.2 Å². The van der Waals surface area contributed by atoms with Crippen molar-refractivity contribution < 1.29 is 9.90 Å². The first-order valence-corrected chi connectivity index (χ1v) is 4.71. The summed E-state index contributed by atoms with van der Waals surface area (Å²) in [7, 11) is 0. The minimum atomic E-state index is -0.799. The molecule has 2 nitrogen and oxygen atoms in total. The quantitative estimate of drug-likeness (QED) is 0.734. The van der Waals surface area contributed by atoms with Gasteiger partial charge in [-0.1, -0.05) is 31.2 Å². The van der Waals surface area contributed by atoms with E-state index in [-0.39, 0.29) is 5.92 Å². The number of aliphatic carboxylic acids is 1. The van der Waals surface area contributed by atoms with Gasteiger partial charge < -0.3 is 5.11 Å². The molecule has 0 unspecified atom stereocenters. The average Bonchev–Trinajstić information content (AvgIpc) is 2.16. The van der Waals surface area contributed by atoms with E-state index in [1.807, 2.05) is 25.1 Å². The van der Waals surface area contributed by atoms with E-state index in [9.17, 15) is 4.79 Å². The van der Waals surface area contributed by atoms with Crippen LogP contribution >= 0.6 is 0 Å². The van der Waals surface area contributed by atoms with Gasteiger partial charge in [-0.2, -0.15) is 0 Å². The van der Waals surface area contributed by atoms with E-state index in [0.29, 0.717) is 5.57 Å². The van der Waals surface area contributed by atoms with Gasteiger partial charge in [0.05, 0.1) is 0 Å². The number of fused-ring (bicyclic) bond motifs is 1. The van der Waals surface area contributed by atoms with Crippen molar-refractivity contribution in [3.05, 3.63) is 41.0 Å².